The molecule has 0 spiro atoms. The second-order valence-electron chi connectivity index (χ2n) is 10.6. The summed E-state index contributed by atoms with van der Waals surface area (Å²) in [6.07, 6.45) is 1.90. The molecule has 2 aromatic rings. The lowest BCUT2D eigenvalue weighted by molar-refractivity contribution is -0.128. The number of rotatable bonds is 8. The zero-order valence-corrected chi connectivity index (χ0v) is 23.5. The molecule has 204 valence electrons. The number of nitrogens with zero attached hydrogens (tertiary/aromatic N) is 2. The Kier molecular flexibility index (Phi) is 8.91. The normalized spacial score (nSPS) is 15.9. The Hall–Kier alpha value is -2.74. The number of halogens is 2. The van der Waals surface area contributed by atoms with Crippen LogP contribution in [-0.4, -0.2) is 64.9 Å². The molecule has 1 heterocycles. The molecule has 1 saturated carbocycles. The summed E-state index contributed by atoms with van der Waals surface area (Å²) in [5.41, 5.74) is 2.50. The highest BCUT2D eigenvalue weighted by molar-refractivity contribution is 6.42. The summed E-state index contributed by atoms with van der Waals surface area (Å²) in [5, 5.41) is 9.92. The average Bonchev–Trinajstić information content (AvgIpc) is 3.72. The van der Waals surface area contributed by atoms with Gasteiger partial charge in [-0.2, -0.15) is 0 Å². The van der Waals surface area contributed by atoms with Crippen molar-refractivity contribution in [3.05, 3.63) is 69.2 Å². The number of benzene rings is 2. The number of amides is 2. The first-order valence-corrected chi connectivity index (χ1v) is 13.6. The van der Waals surface area contributed by atoms with Crippen LogP contribution in [0.4, 0.5) is 4.79 Å². The molecule has 7 nitrogen and oxygen atoms in total. The van der Waals surface area contributed by atoms with Gasteiger partial charge in [-0.25, -0.2) is 4.79 Å². The van der Waals surface area contributed by atoms with E-state index in [9.17, 15) is 9.59 Å². The number of hydrogen-bond acceptors (Lipinski definition) is 5. The molecule has 0 atom stereocenters. The maximum atomic E-state index is 14.2. The molecule has 2 amide bonds. The zero-order chi connectivity index (χ0) is 27.4. The van der Waals surface area contributed by atoms with Crippen molar-refractivity contribution in [2.45, 2.75) is 58.2 Å². The van der Waals surface area contributed by atoms with Crippen molar-refractivity contribution in [2.75, 3.05) is 26.3 Å². The number of ether oxygens (including phenoxy) is 2. The molecule has 9 heteroatoms. The minimum atomic E-state index is -0.640. The van der Waals surface area contributed by atoms with Crippen molar-refractivity contribution in [2.24, 2.45) is 0 Å². The van der Waals surface area contributed by atoms with Gasteiger partial charge in [-0.15, -0.1) is 0 Å². The van der Waals surface area contributed by atoms with Crippen molar-refractivity contribution in [3.8, 4) is 5.75 Å². The van der Waals surface area contributed by atoms with Gasteiger partial charge in [0.25, 0.3) is 5.91 Å². The maximum Gasteiger partial charge on any atom is 0.410 e. The van der Waals surface area contributed by atoms with Crippen LogP contribution in [0.25, 0.3) is 5.57 Å². The third kappa shape index (κ3) is 7.01. The molecule has 0 unspecified atom stereocenters. The van der Waals surface area contributed by atoms with Crippen LogP contribution in [-0.2, 0) is 16.1 Å². The molecule has 0 saturated heterocycles. The molecule has 38 heavy (non-hydrogen) atoms. The van der Waals surface area contributed by atoms with E-state index in [2.05, 4.69) is 0 Å². The Labute approximate surface area is 233 Å². The van der Waals surface area contributed by atoms with Crippen molar-refractivity contribution in [1.29, 1.82) is 0 Å². The molecule has 0 aromatic heterocycles. The number of aliphatic hydroxyl groups is 1. The highest BCUT2D eigenvalue weighted by Crippen LogP contribution is 2.36. The van der Waals surface area contributed by atoms with Crippen molar-refractivity contribution in [3.63, 3.8) is 0 Å². The first kappa shape index (κ1) is 28.3. The van der Waals surface area contributed by atoms with Gasteiger partial charge in [0.15, 0.2) is 0 Å². The second-order valence-corrected chi connectivity index (χ2v) is 11.4. The van der Waals surface area contributed by atoms with Gasteiger partial charge in [0.1, 0.15) is 18.0 Å². The van der Waals surface area contributed by atoms with Gasteiger partial charge in [0.2, 0.25) is 0 Å². The summed E-state index contributed by atoms with van der Waals surface area (Å²) >= 11 is 12.7. The summed E-state index contributed by atoms with van der Waals surface area (Å²) in [7, 11) is 0. The van der Waals surface area contributed by atoms with E-state index in [0.29, 0.717) is 40.9 Å². The van der Waals surface area contributed by atoms with Gasteiger partial charge in [-0.3, -0.25) is 4.79 Å². The van der Waals surface area contributed by atoms with E-state index < -0.39 is 11.7 Å². The largest absolute Gasteiger partial charge is 0.491 e. The van der Waals surface area contributed by atoms with Gasteiger partial charge in [0, 0.05) is 24.7 Å². The van der Waals surface area contributed by atoms with Crippen LogP contribution in [0.1, 0.15) is 51.2 Å². The Morgan fingerprint density at radius 1 is 1.11 bits per heavy atom. The van der Waals surface area contributed by atoms with Gasteiger partial charge >= 0.3 is 6.09 Å². The number of hydrogen-bond donors (Lipinski definition) is 1. The fourth-order valence-electron chi connectivity index (χ4n) is 4.46. The summed E-state index contributed by atoms with van der Waals surface area (Å²) in [4.78, 5) is 30.6. The first-order chi connectivity index (χ1) is 18.1. The SMILES string of the molecule is CC(C)(C)OC(=O)N1CCC(c2ccc(OCCO)cc2)=C(C(=O)N(Cc2cccc(Cl)c2Cl)C2CC2)C1. The lowest BCUT2D eigenvalue weighted by Crippen LogP contribution is -2.44. The Morgan fingerprint density at radius 3 is 2.45 bits per heavy atom. The van der Waals surface area contributed by atoms with Crippen LogP contribution < -0.4 is 4.74 Å². The highest BCUT2D eigenvalue weighted by atomic mass is 35.5. The third-order valence-corrected chi connectivity index (χ3v) is 7.30. The van der Waals surface area contributed by atoms with Crippen LogP contribution in [0.5, 0.6) is 5.75 Å². The Bertz CT molecular complexity index is 1200. The van der Waals surface area contributed by atoms with Crippen molar-refractivity contribution >= 4 is 40.8 Å². The highest BCUT2D eigenvalue weighted by Gasteiger charge is 2.38. The zero-order valence-electron chi connectivity index (χ0n) is 22.0. The topological polar surface area (TPSA) is 79.3 Å². The van der Waals surface area contributed by atoms with Gasteiger partial charge in [0.05, 0.1) is 23.2 Å². The number of carbonyl (C=O) groups is 2. The number of aliphatic hydroxyl groups excluding tert-OH is 1. The monoisotopic (exact) mass is 560 g/mol. The van der Waals surface area contributed by atoms with E-state index in [1.54, 1.807) is 11.0 Å². The molecular weight excluding hydrogens is 527 g/mol. The van der Waals surface area contributed by atoms with Crippen LogP contribution in [0.3, 0.4) is 0 Å². The molecule has 2 aliphatic rings. The van der Waals surface area contributed by atoms with E-state index in [1.165, 1.54) is 0 Å². The van der Waals surface area contributed by atoms with Crippen molar-refractivity contribution in [1.82, 2.24) is 9.80 Å². The predicted molar refractivity (Wildman–Crippen MR) is 148 cm³/mol. The summed E-state index contributed by atoms with van der Waals surface area (Å²) < 4.78 is 11.1. The van der Waals surface area contributed by atoms with Crippen LogP contribution >= 0.6 is 23.2 Å². The standard InChI is InChI=1S/C29H34Cl2N2O5/c1-29(2,3)38-28(36)32-14-13-23(19-7-11-22(12-8-19)37-16-15-34)24(18-32)27(35)33(21-9-10-21)17-20-5-4-6-25(30)26(20)31/h4-8,11-12,21,34H,9-10,13-18H2,1-3H3. The lowest BCUT2D eigenvalue weighted by Gasteiger charge is -2.34. The molecule has 1 N–H and O–H groups in total. The fourth-order valence-corrected chi connectivity index (χ4v) is 4.84. The predicted octanol–water partition coefficient (Wildman–Crippen LogP) is 5.95. The summed E-state index contributed by atoms with van der Waals surface area (Å²) in [6, 6.07) is 13.0. The van der Waals surface area contributed by atoms with Crippen LogP contribution in [0.15, 0.2) is 48.0 Å². The quantitative estimate of drug-likeness (QED) is 0.431. The van der Waals surface area contributed by atoms with E-state index >= 15 is 0 Å². The fraction of sp³-hybridized carbons (Fsp3) is 0.448. The third-order valence-electron chi connectivity index (χ3n) is 6.44. The second kappa shape index (κ2) is 12.0. The van der Waals surface area contributed by atoms with E-state index in [4.69, 9.17) is 37.8 Å². The lowest BCUT2D eigenvalue weighted by atomic mass is 9.92. The first-order valence-electron chi connectivity index (χ1n) is 12.9. The van der Waals surface area contributed by atoms with Crippen LogP contribution in [0.2, 0.25) is 10.0 Å². The maximum absolute atomic E-state index is 14.2. The molecular formula is C29H34Cl2N2O5. The Balaban J connectivity index is 1.68. The Morgan fingerprint density at radius 2 is 1.82 bits per heavy atom. The molecule has 1 aliphatic carbocycles. The minimum Gasteiger partial charge on any atom is -0.491 e. The van der Waals surface area contributed by atoms with Gasteiger partial charge in [-0.05, 0) is 74.9 Å². The van der Waals surface area contributed by atoms with E-state index in [-0.39, 0.29) is 31.7 Å². The van der Waals surface area contributed by atoms with E-state index in [0.717, 1.165) is 29.5 Å². The van der Waals surface area contributed by atoms with Gasteiger partial charge < -0.3 is 24.4 Å². The van der Waals surface area contributed by atoms with Crippen LogP contribution in [0, 0.1) is 0 Å². The summed E-state index contributed by atoms with van der Waals surface area (Å²) in [5.74, 6) is 0.519. The molecule has 2 aromatic carbocycles. The molecule has 4 rings (SSSR count). The minimum absolute atomic E-state index is 0.0697. The summed E-state index contributed by atoms with van der Waals surface area (Å²) in [6.45, 7) is 6.54. The van der Waals surface area contributed by atoms with Gasteiger partial charge in [-0.1, -0.05) is 47.5 Å². The van der Waals surface area contributed by atoms with E-state index in [1.807, 2.05) is 62.1 Å². The smallest absolute Gasteiger partial charge is 0.410 e. The number of carbonyl (C=O) groups excluding carboxylic acids is 2. The molecule has 1 aliphatic heterocycles. The average molecular weight is 562 g/mol. The molecule has 1 fully saturated rings. The molecule has 0 bridgehead atoms. The molecule has 0 radical (unpaired) electrons. The van der Waals surface area contributed by atoms with Crippen molar-refractivity contribution < 1.29 is 24.2 Å².